The summed E-state index contributed by atoms with van der Waals surface area (Å²) in [5, 5.41) is 14.2. The van der Waals surface area contributed by atoms with Crippen LogP contribution >= 0.6 is 0 Å². The number of hydrogen-bond donors (Lipinski definition) is 4. The second-order valence-electron chi connectivity index (χ2n) is 5.45. The van der Waals surface area contributed by atoms with Crippen molar-refractivity contribution in [3.63, 3.8) is 0 Å². The van der Waals surface area contributed by atoms with E-state index in [1.165, 1.54) is 0 Å². The summed E-state index contributed by atoms with van der Waals surface area (Å²) in [4.78, 5) is 31.9. The molecule has 0 aliphatic rings. The fourth-order valence-corrected chi connectivity index (χ4v) is 1.76. The molecule has 14 heteroatoms. The van der Waals surface area contributed by atoms with Crippen molar-refractivity contribution in [2.24, 2.45) is 0 Å². The number of alkyl halides is 6. The molecule has 0 aliphatic carbocycles. The van der Waals surface area contributed by atoms with Gasteiger partial charge in [0.15, 0.2) is 0 Å². The largest absolute Gasteiger partial charge is 0.490 e. The molecule has 0 amide bonds. The first-order chi connectivity index (χ1) is 14.8. The van der Waals surface area contributed by atoms with E-state index in [-0.39, 0.29) is 0 Å². The lowest BCUT2D eigenvalue weighted by Gasteiger charge is -1.93. The van der Waals surface area contributed by atoms with Crippen LogP contribution in [0.5, 0.6) is 0 Å². The van der Waals surface area contributed by atoms with Crippen LogP contribution in [-0.4, -0.2) is 54.4 Å². The fraction of sp³-hybridized carbons (Fsp3) is 0.111. The van der Waals surface area contributed by atoms with Gasteiger partial charge in [-0.1, -0.05) is 24.3 Å². The highest BCUT2D eigenvalue weighted by atomic mass is 19.4. The number of halogens is 6. The van der Waals surface area contributed by atoms with E-state index in [1.807, 2.05) is 48.5 Å². The number of aromatic amines is 2. The van der Waals surface area contributed by atoms with Gasteiger partial charge in [0.25, 0.3) is 0 Å². The number of fused-ring (bicyclic) bond motifs is 2. The maximum atomic E-state index is 10.6. The number of nitrogens with zero attached hydrogens (tertiary/aromatic N) is 2. The lowest BCUT2D eigenvalue weighted by molar-refractivity contribution is -0.193. The first-order valence-corrected chi connectivity index (χ1v) is 8.19. The molecule has 172 valence electrons. The van der Waals surface area contributed by atoms with Crippen molar-refractivity contribution in [2.75, 3.05) is 0 Å². The van der Waals surface area contributed by atoms with Crippen molar-refractivity contribution in [3.05, 3.63) is 61.2 Å². The zero-order valence-corrected chi connectivity index (χ0v) is 15.6. The molecule has 0 saturated carbocycles. The van der Waals surface area contributed by atoms with Crippen LogP contribution in [-0.2, 0) is 9.59 Å². The standard InChI is InChI=1S/2C7H6N2.2C2HF3O2/c2*1-2-4-7-6(3-1)8-5-9-7;2*3-2(4,5)1(6)7/h2*1-5H,(H,8,9);2*(H,6,7). The Bertz CT molecular complexity index is 987. The molecule has 2 heterocycles. The predicted molar refractivity (Wildman–Crippen MR) is 99.6 cm³/mol. The molecular formula is C18H14F6N4O4. The van der Waals surface area contributed by atoms with Crippen LogP contribution in [0.4, 0.5) is 26.3 Å². The number of para-hydroxylation sites is 4. The molecule has 4 aromatic rings. The molecule has 2 aromatic carbocycles. The van der Waals surface area contributed by atoms with Crippen molar-refractivity contribution in [1.82, 2.24) is 19.9 Å². The van der Waals surface area contributed by atoms with Crippen LogP contribution in [0.3, 0.4) is 0 Å². The highest BCUT2D eigenvalue weighted by molar-refractivity contribution is 5.74. The van der Waals surface area contributed by atoms with E-state index >= 15 is 0 Å². The smallest absolute Gasteiger partial charge is 0.475 e. The Morgan fingerprint density at radius 1 is 0.656 bits per heavy atom. The molecule has 0 spiro atoms. The van der Waals surface area contributed by atoms with Crippen LogP contribution < -0.4 is 0 Å². The highest BCUT2D eigenvalue weighted by Gasteiger charge is 2.38. The second kappa shape index (κ2) is 11.3. The third-order valence-corrected chi connectivity index (χ3v) is 3.14. The van der Waals surface area contributed by atoms with Gasteiger partial charge in [0.1, 0.15) is 0 Å². The number of hydrogen-bond acceptors (Lipinski definition) is 4. The molecule has 0 bridgehead atoms. The van der Waals surface area contributed by atoms with Crippen LogP contribution in [0, 0.1) is 0 Å². The average Bonchev–Trinajstić information content (AvgIpc) is 3.37. The topological polar surface area (TPSA) is 132 Å². The van der Waals surface area contributed by atoms with Crippen molar-refractivity contribution < 1.29 is 46.1 Å². The summed E-state index contributed by atoms with van der Waals surface area (Å²) >= 11 is 0. The minimum atomic E-state index is -5.08. The van der Waals surface area contributed by atoms with Crippen LogP contribution in [0.25, 0.3) is 22.1 Å². The predicted octanol–water partition coefficient (Wildman–Crippen LogP) is 4.39. The summed E-state index contributed by atoms with van der Waals surface area (Å²) in [5.41, 5.74) is 4.24. The van der Waals surface area contributed by atoms with Gasteiger partial charge in [-0.25, -0.2) is 19.6 Å². The van der Waals surface area contributed by atoms with Crippen LogP contribution in [0.2, 0.25) is 0 Å². The third kappa shape index (κ3) is 9.15. The quantitative estimate of drug-likeness (QED) is 0.286. The van der Waals surface area contributed by atoms with Crippen LogP contribution in [0.15, 0.2) is 61.2 Å². The van der Waals surface area contributed by atoms with Gasteiger partial charge in [0.05, 0.1) is 34.7 Å². The van der Waals surface area contributed by atoms with E-state index < -0.39 is 24.3 Å². The minimum absolute atomic E-state index is 1.03. The van der Waals surface area contributed by atoms with Gasteiger partial charge in [0.2, 0.25) is 0 Å². The molecule has 4 N–H and O–H groups in total. The van der Waals surface area contributed by atoms with E-state index in [0.717, 1.165) is 22.1 Å². The summed E-state index contributed by atoms with van der Waals surface area (Å²) in [6.45, 7) is 0. The number of rotatable bonds is 0. The van der Waals surface area contributed by atoms with Crippen molar-refractivity contribution in [2.45, 2.75) is 12.4 Å². The molecule has 0 atom stereocenters. The number of carboxylic acid groups (broad SMARTS) is 2. The highest BCUT2D eigenvalue weighted by Crippen LogP contribution is 2.13. The number of aliphatic carboxylic acids is 2. The zero-order chi connectivity index (χ0) is 24.4. The van der Waals surface area contributed by atoms with Gasteiger partial charge in [-0.15, -0.1) is 0 Å². The molecule has 0 aliphatic heterocycles. The molecule has 0 fully saturated rings. The van der Waals surface area contributed by atoms with Gasteiger partial charge in [0, 0.05) is 0 Å². The molecule has 2 aromatic heterocycles. The monoisotopic (exact) mass is 464 g/mol. The number of aromatic nitrogens is 4. The Balaban J connectivity index is 0.000000216. The average molecular weight is 464 g/mol. The minimum Gasteiger partial charge on any atom is -0.475 e. The summed E-state index contributed by atoms with van der Waals surface area (Å²) in [6.07, 6.45) is -6.77. The SMILES string of the molecule is O=C(O)C(F)(F)F.O=C(O)C(F)(F)F.c1ccc2[nH]cnc2c1.c1ccc2[nH]cnc2c1. The normalized spacial score (nSPS) is 10.7. The molecule has 0 saturated heterocycles. The Kier molecular flexibility index (Phi) is 9.19. The summed E-state index contributed by atoms with van der Waals surface area (Å²) in [5.74, 6) is -5.51. The number of carboxylic acids is 2. The Morgan fingerprint density at radius 3 is 1.19 bits per heavy atom. The van der Waals surface area contributed by atoms with E-state index in [1.54, 1.807) is 12.7 Å². The second-order valence-corrected chi connectivity index (χ2v) is 5.45. The van der Waals surface area contributed by atoms with E-state index in [0.29, 0.717) is 0 Å². The van der Waals surface area contributed by atoms with Crippen molar-refractivity contribution >= 4 is 34.0 Å². The molecular weight excluding hydrogens is 450 g/mol. The summed E-state index contributed by atoms with van der Waals surface area (Å²) < 4.78 is 63.5. The van der Waals surface area contributed by atoms with Gasteiger partial charge >= 0.3 is 24.3 Å². The molecule has 32 heavy (non-hydrogen) atoms. The molecule has 0 radical (unpaired) electrons. The Hall–Kier alpha value is -4.10. The Morgan fingerprint density at radius 2 is 0.938 bits per heavy atom. The zero-order valence-electron chi connectivity index (χ0n) is 15.6. The Labute approximate surface area is 174 Å². The first-order valence-electron chi connectivity index (χ1n) is 8.19. The van der Waals surface area contributed by atoms with Crippen molar-refractivity contribution in [3.8, 4) is 0 Å². The number of imidazole rings is 2. The van der Waals surface area contributed by atoms with Gasteiger partial charge in [-0.05, 0) is 24.3 Å². The molecule has 4 rings (SSSR count). The van der Waals surface area contributed by atoms with Crippen LogP contribution in [0.1, 0.15) is 0 Å². The molecule has 8 nitrogen and oxygen atoms in total. The number of H-pyrrole nitrogens is 2. The van der Waals surface area contributed by atoms with E-state index in [4.69, 9.17) is 19.8 Å². The van der Waals surface area contributed by atoms with Gasteiger partial charge < -0.3 is 20.2 Å². The summed E-state index contributed by atoms with van der Waals surface area (Å²) in [6, 6.07) is 15.9. The van der Waals surface area contributed by atoms with Gasteiger partial charge in [-0.3, -0.25) is 0 Å². The fourth-order valence-electron chi connectivity index (χ4n) is 1.76. The molecule has 0 unspecified atom stereocenters. The van der Waals surface area contributed by atoms with E-state index in [2.05, 4.69) is 19.9 Å². The third-order valence-electron chi connectivity index (χ3n) is 3.14. The maximum absolute atomic E-state index is 10.6. The van der Waals surface area contributed by atoms with Gasteiger partial charge in [-0.2, -0.15) is 26.3 Å². The number of benzene rings is 2. The number of carbonyl (C=O) groups is 2. The first kappa shape index (κ1) is 25.9. The van der Waals surface area contributed by atoms with E-state index in [9.17, 15) is 26.3 Å². The summed E-state index contributed by atoms with van der Waals surface area (Å²) in [7, 11) is 0. The maximum Gasteiger partial charge on any atom is 0.490 e. The lowest BCUT2D eigenvalue weighted by atomic mass is 10.3. The number of nitrogens with one attached hydrogen (secondary N) is 2. The van der Waals surface area contributed by atoms with Crippen molar-refractivity contribution in [1.29, 1.82) is 0 Å². The lowest BCUT2D eigenvalue weighted by Crippen LogP contribution is -2.21.